The van der Waals surface area contributed by atoms with Gasteiger partial charge in [-0.1, -0.05) is 13.3 Å². The molecule has 3 saturated carbocycles. The molecule has 22 heavy (non-hydrogen) atoms. The van der Waals surface area contributed by atoms with Crippen LogP contribution in [-0.2, 0) is 14.3 Å². The highest BCUT2D eigenvalue weighted by atomic mass is 16.6. The topological polar surface area (TPSA) is 63.6 Å². The summed E-state index contributed by atoms with van der Waals surface area (Å²) in [6, 6.07) is 0. The van der Waals surface area contributed by atoms with Crippen molar-refractivity contribution in [1.82, 2.24) is 0 Å². The summed E-state index contributed by atoms with van der Waals surface area (Å²) in [7, 11) is 0. The monoisotopic (exact) mass is 306 g/mol. The number of hydrogen-bond donors (Lipinski definition) is 1. The van der Waals surface area contributed by atoms with Gasteiger partial charge in [0.15, 0.2) is 0 Å². The number of carboxylic acid groups (broad SMARTS) is 1. The molecule has 0 aromatic heterocycles. The summed E-state index contributed by atoms with van der Waals surface area (Å²) >= 11 is 0. The van der Waals surface area contributed by atoms with Gasteiger partial charge in [-0.25, -0.2) is 0 Å². The SMILES string of the molecule is C[C@@]12CCC[C@@](C)(C(=O)O)[C@H]1CC[C@@]13C[C@@H](CC[C@H]12)C(=O)O3. The maximum Gasteiger partial charge on any atom is 0.309 e. The molecule has 1 N–H and O–H groups in total. The fourth-order valence-electron chi connectivity index (χ4n) is 6.77. The molecular formula is C18H26O4. The molecule has 4 aliphatic rings. The molecule has 1 aliphatic heterocycles. The normalized spacial score (nSPS) is 53.4. The summed E-state index contributed by atoms with van der Waals surface area (Å²) < 4.78 is 5.93. The van der Waals surface area contributed by atoms with Gasteiger partial charge < -0.3 is 9.84 Å². The van der Waals surface area contributed by atoms with E-state index in [1.54, 1.807) is 0 Å². The molecule has 0 aromatic rings. The molecule has 0 radical (unpaired) electrons. The van der Waals surface area contributed by atoms with E-state index in [1.165, 1.54) is 0 Å². The van der Waals surface area contributed by atoms with Crippen molar-refractivity contribution in [2.24, 2.45) is 28.6 Å². The van der Waals surface area contributed by atoms with E-state index in [-0.39, 0.29) is 28.8 Å². The third-order valence-electron chi connectivity index (χ3n) is 7.79. The predicted octanol–water partition coefficient (Wildman–Crippen LogP) is 3.39. The first-order chi connectivity index (χ1) is 10.3. The van der Waals surface area contributed by atoms with Crippen molar-refractivity contribution >= 4 is 11.9 Å². The van der Waals surface area contributed by atoms with E-state index in [4.69, 9.17) is 4.74 Å². The zero-order valence-electron chi connectivity index (χ0n) is 13.6. The van der Waals surface area contributed by atoms with Crippen molar-refractivity contribution in [2.45, 2.75) is 70.8 Å². The summed E-state index contributed by atoms with van der Waals surface area (Å²) in [5.74, 6) is 0.0156. The first-order valence-corrected chi connectivity index (χ1v) is 8.78. The van der Waals surface area contributed by atoms with Crippen LogP contribution in [0.25, 0.3) is 0 Å². The first-order valence-electron chi connectivity index (χ1n) is 8.78. The van der Waals surface area contributed by atoms with Crippen LogP contribution >= 0.6 is 0 Å². The van der Waals surface area contributed by atoms with Crippen molar-refractivity contribution in [3.05, 3.63) is 0 Å². The lowest BCUT2D eigenvalue weighted by Crippen LogP contribution is -2.61. The summed E-state index contributed by atoms with van der Waals surface area (Å²) in [4.78, 5) is 24.0. The van der Waals surface area contributed by atoms with Gasteiger partial charge in [0.2, 0.25) is 0 Å². The summed E-state index contributed by atoms with van der Waals surface area (Å²) in [5.41, 5.74) is -0.894. The molecule has 2 bridgehead atoms. The van der Waals surface area contributed by atoms with Crippen LogP contribution in [0.3, 0.4) is 0 Å². The van der Waals surface area contributed by atoms with Crippen molar-refractivity contribution in [3.63, 3.8) is 0 Å². The third kappa shape index (κ3) is 1.59. The zero-order valence-corrected chi connectivity index (χ0v) is 13.6. The van der Waals surface area contributed by atoms with Crippen LogP contribution in [0, 0.1) is 28.6 Å². The van der Waals surface area contributed by atoms with Crippen molar-refractivity contribution in [3.8, 4) is 0 Å². The minimum absolute atomic E-state index is 0.000764. The van der Waals surface area contributed by atoms with Crippen molar-refractivity contribution in [2.75, 3.05) is 0 Å². The molecule has 0 aromatic carbocycles. The minimum Gasteiger partial charge on any atom is -0.481 e. The second kappa shape index (κ2) is 4.27. The molecule has 4 fully saturated rings. The summed E-state index contributed by atoms with van der Waals surface area (Å²) in [6.45, 7) is 4.23. The lowest BCUT2D eigenvalue weighted by molar-refractivity contribution is -0.201. The van der Waals surface area contributed by atoms with Gasteiger partial charge in [-0.2, -0.15) is 0 Å². The third-order valence-corrected chi connectivity index (χ3v) is 7.79. The van der Waals surface area contributed by atoms with E-state index in [2.05, 4.69) is 6.92 Å². The second-order valence-corrected chi connectivity index (χ2v) is 8.69. The molecule has 122 valence electrons. The maximum atomic E-state index is 12.1. The maximum absolute atomic E-state index is 12.1. The van der Waals surface area contributed by atoms with Gasteiger partial charge in [0, 0.05) is 12.3 Å². The van der Waals surface area contributed by atoms with Crippen LogP contribution in [0.15, 0.2) is 0 Å². The highest BCUT2D eigenvalue weighted by Crippen LogP contribution is 2.67. The standard InChI is InChI=1S/C18H26O4/c1-16-7-3-8-17(2,15(20)21)12(16)6-9-18-10-11(14(19)22-18)4-5-13(16)18/h11-13H,3-10H2,1-2H3,(H,20,21)/t11-,12+,13+,16-,17-,18-/m1/s1. The van der Waals surface area contributed by atoms with E-state index < -0.39 is 11.4 Å². The van der Waals surface area contributed by atoms with Crippen molar-refractivity contribution < 1.29 is 19.4 Å². The largest absolute Gasteiger partial charge is 0.481 e. The fourth-order valence-corrected chi connectivity index (χ4v) is 6.77. The second-order valence-electron chi connectivity index (χ2n) is 8.69. The number of esters is 1. The van der Waals surface area contributed by atoms with Crippen LogP contribution in [-0.4, -0.2) is 22.6 Å². The quantitative estimate of drug-likeness (QED) is 0.754. The number of rotatable bonds is 1. The van der Waals surface area contributed by atoms with Crippen LogP contribution < -0.4 is 0 Å². The van der Waals surface area contributed by atoms with Crippen LogP contribution in [0.5, 0.6) is 0 Å². The van der Waals surface area contributed by atoms with Crippen LogP contribution in [0.2, 0.25) is 0 Å². The number of ether oxygens (including phenoxy) is 1. The first kappa shape index (κ1) is 14.5. The average molecular weight is 306 g/mol. The van der Waals surface area contributed by atoms with Crippen LogP contribution in [0.4, 0.5) is 0 Å². The number of fused-ring (bicyclic) bond motifs is 3. The molecule has 3 aliphatic carbocycles. The Morgan fingerprint density at radius 3 is 2.64 bits per heavy atom. The van der Waals surface area contributed by atoms with Gasteiger partial charge in [0.05, 0.1) is 11.3 Å². The smallest absolute Gasteiger partial charge is 0.309 e. The molecule has 4 rings (SSSR count). The predicted molar refractivity (Wildman–Crippen MR) is 80.1 cm³/mol. The molecule has 4 nitrogen and oxygen atoms in total. The molecule has 1 saturated heterocycles. The zero-order chi connectivity index (χ0) is 15.8. The minimum atomic E-state index is -0.642. The Bertz CT molecular complexity index is 543. The molecule has 1 heterocycles. The Morgan fingerprint density at radius 1 is 1.14 bits per heavy atom. The Labute approximate surface area is 131 Å². The lowest BCUT2D eigenvalue weighted by atomic mass is 9.43. The Morgan fingerprint density at radius 2 is 1.91 bits per heavy atom. The highest BCUT2D eigenvalue weighted by Gasteiger charge is 2.67. The number of aliphatic carboxylic acids is 1. The average Bonchev–Trinajstić information content (AvgIpc) is 2.68. The molecule has 4 heteroatoms. The number of carboxylic acids is 1. The molecule has 0 unspecified atom stereocenters. The van der Waals surface area contributed by atoms with Gasteiger partial charge in [-0.3, -0.25) is 9.59 Å². The van der Waals surface area contributed by atoms with E-state index in [0.29, 0.717) is 5.92 Å². The van der Waals surface area contributed by atoms with Gasteiger partial charge >= 0.3 is 11.9 Å². The van der Waals surface area contributed by atoms with Gasteiger partial charge in [0.1, 0.15) is 5.60 Å². The summed E-state index contributed by atoms with van der Waals surface area (Å²) in [5, 5.41) is 9.83. The fraction of sp³-hybridized carbons (Fsp3) is 0.889. The van der Waals surface area contributed by atoms with E-state index in [1.807, 2.05) is 6.92 Å². The van der Waals surface area contributed by atoms with Crippen LogP contribution in [0.1, 0.15) is 65.2 Å². The number of carbonyl (C=O) groups excluding carboxylic acids is 1. The summed E-state index contributed by atoms with van der Waals surface area (Å²) in [6.07, 6.45) is 7.41. The molecule has 6 atom stereocenters. The Balaban J connectivity index is 1.75. The molecule has 1 spiro atoms. The van der Waals surface area contributed by atoms with Crippen molar-refractivity contribution in [1.29, 1.82) is 0 Å². The van der Waals surface area contributed by atoms with E-state index in [0.717, 1.165) is 51.4 Å². The van der Waals surface area contributed by atoms with Gasteiger partial charge in [-0.15, -0.1) is 0 Å². The Kier molecular flexibility index (Phi) is 2.82. The molecule has 0 amide bonds. The van der Waals surface area contributed by atoms with E-state index >= 15 is 0 Å². The molecular weight excluding hydrogens is 280 g/mol. The number of carbonyl (C=O) groups is 2. The highest BCUT2D eigenvalue weighted by molar-refractivity contribution is 5.76. The lowest BCUT2D eigenvalue weighted by Gasteiger charge is -2.61. The number of hydrogen-bond acceptors (Lipinski definition) is 3. The van der Waals surface area contributed by atoms with Gasteiger partial charge in [-0.05, 0) is 56.8 Å². The van der Waals surface area contributed by atoms with Gasteiger partial charge in [0.25, 0.3) is 0 Å². The Hall–Kier alpha value is -1.06. The van der Waals surface area contributed by atoms with E-state index in [9.17, 15) is 14.7 Å².